The number of hydrogen-bond acceptors (Lipinski definition) is 3. The fourth-order valence-corrected chi connectivity index (χ4v) is 1.64. The molecule has 4 heteroatoms. The summed E-state index contributed by atoms with van der Waals surface area (Å²) in [6.07, 6.45) is 6.50. The molecule has 0 saturated carbocycles. The zero-order valence-electron chi connectivity index (χ0n) is 9.51. The highest BCUT2D eigenvalue weighted by Crippen LogP contribution is 2.11. The van der Waals surface area contributed by atoms with Gasteiger partial charge in [-0.2, -0.15) is 0 Å². The molecule has 0 bridgehead atoms. The maximum atomic E-state index is 11.8. The molecule has 1 aromatic heterocycles. The second-order valence-electron chi connectivity index (χ2n) is 3.58. The zero-order chi connectivity index (χ0) is 12.8. The molecule has 0 aliphatic carbocycles. The molecule has 0 spiro atoms. The molecule has 0 aliphatic rings. The van der Waals surface area contributed by atoms with E-state index in [9.17, 15) is 4.79 Å². The number of hydrogen-bond donors (Lipinski definition) is 1. The van der Waals surface area contributed by atoms with E-state index in [-0.39, 0.29) is 5.78 Å². The number of nitrogens with zero attached hydrogens (tertiary/aromatic N) is 1. The van der Waals surface area contributed by atoms with Crippen LogP contribution in [0.1, 0.15) is 10.4 Å². The molecule has 0 atom stereocenters. The zero-order valence-corrected chi connectivity index (χ0v) is 11.1. The second-order valence-corrected chi connectivity index (χ2v) is 4.50. The van der Waals surface area contributed by atoms with Crippen molar-refractivity contribution in [1.82, 2.24) is 4.98 Å². The van der Waals surface area contributed by atoms with Crippen LogP contribution >= 0.6 is 15.9 Å². The first-order chi connectivity index (χ1) is 8.75. The van der Waals surface area contributed by atoms with Crippen LogP contribution < -0.4 is 5.32 Å². The van der Waals surface area contributed by atoms with Gasteiger partial charge in [0.25, 0.3) is 0 Å². The van der Waals surface area contributed by atoms with Crippen LogP contribution in [0, 0.1) is 0 Å². The van der Waals surface area contributed by atoms with E-state index in [0.29, 0.717) is 5.56 Å². The minimum atomic E-state index is -0.0379. The highest BCUT2D eigenvalue weighted by atomic mass is 79.9. The predicted octanol–water partition coefficient (Wildman–Crippen LogP) is 3.65. The van der Waals surface area contributed by atoms with Gasteiger partial charge in [-0.3, -0.25) is 9.78 Å². The third-order valence-electron chi connectivity index (χ3n) is 2.29. The number of carbonyl (C=O) groups is 1. The molecule has 1 N–H and O–H groups in total. The molecule has 90 valence electrons. The number of rotatable bonds is 4. The fraction of sp³-hybridized carbons (Fsp3) is 0. The van der Waals surface area contributed by atoms with Crippen molar-refractivity contribution in [2.75, 3.05) is 5.32 Å². The molecule has 0 radical (unpaired) electrons. The van der Waals surface area contributed by atoms with Crippen LogP contribution in [0.2, 0.25) is 0 Å². The van der Waals surface area contributed by atoms with Crippen molar-refractivity contribution in [3.8, 4) is 0 Å². The largest absolute Gasteiger partial charge is 0.361 e. The Hall–Kier alpha value is -1.94. The molecule has 1 aromatic carbocycles. The van der Waals surface area contributed by atoms with E-state index in [1.807, 2.05) is 24.3 Å². The second kappa shape index (κ2) is 6.12. The van der Waals surface area contributed by atoms with Gasteiger partial charge in [-0.1, -0.05) is 15.9 Å². The number of benzene rings is 1. The van der Waals surface area contributed by atoms with Crippen molar-refractivity contribution in [3.63, 3.8) is 0 Å². The Kier molecular flexibility index (Phi) is 4.25. The number of halogens is 1. The normalized spacial score (nSPS) is 10.5. The van der Waals surface area contributed by atoms with Crippen LogP contribution in [-0.4, -0.2) is 10.8 Å². The van der Waals surface area contributed by atoms with Crippen LogP contribution in [0.15, 0.2) is 65.5 Å². The number of anilines is 1. The summed E-state index contributed by atoms with van der Waals surface area (Å²) >= 11 is 3.33. The Bertz CT molecular complexity index is 550. The summed E-state index contributed by atoms with van der Waals surface area (Å²) in [5.74, 6) is -0.0379. The Balaban J connectivity index is 1.97. The van der Waals surface area contributed by atoms with E-state index < -0.39 is 0 Å². The van der Waals surface area contributed by atoms with Gasteiger partial charge in [0.2, 0.25) is 0 Å². The number of ketones is 1. The van der Waals surface area contributed by atoms with Crippen LogP contribution in [0.5, 0.6) is 0 Å². The number of nitrogens with one attached hydrogen (secondary N) is 1. The molecule has 0 amide bonds. The maximum Gasteiger partial charge on any atom is 0.187 e. The van der Waals surface area contributed by atoms with Gasteiger partial charge in [0.15, 0.2) is 5.78 Å². The summed E-state index contributed by atoms with van der Waals surface area (Å²) in [4.78, 5) is 15.7. The summed E-state index contributed by atoms with van der Waals surface area (Å²) in [5.41, 5.74) is 1.55. The minimum Gasteiger partial charge on any atom is -0.361 e. The molecule has 0 aliphatic heterocycles. The monoisotopic (exact) mass is 302 g/mol. The molecule has 2 aromatic rings. The van der Waals surface area contributed by atoms with E-state index in [1.54, 1.807) is 30.7 Å². The Morgan fingerprint density at radius 2 is 1.78 bits per heavy atom. The summed E-state index contributed by atoms with van der Waals surface area (Å²) in [6.45, 7) is 0. The molecule has 0 unspecified atom stereocenters. The summed E-state index contributed by atoms with van der Waals surface area (Å²) in [5, 5.41) is 3.01. The van der Waals surface area contributed by atoms with Crippen molar-refractivity contribution in [2.24, 2.45) is 0 Å². The van der Waals surface area contributed by atoms with Crippen LogP contribution in [0.3, 0.4) is 0 Å². The molecule has 2 rings (SSSR count). The lowest BCUT2D eigenvalue weighted by molar-refractivity contribution is 0.104. The van der Waals surface area contributed by atoms with Crippen molar-refractivity contribution in [2.45, 2.75) is 0 Å². The van der Waals surface area contributed by atoms with Crippen LogP contribution in [-0.2, 0) is 0 Å². The Labute approximate surface area is 114 Å². The quantitative estimate of drug-likeness (QED) is 0.692. The van der Waals surface area contributed by atoms with Crippen molar-refractivity contribution in [1.29, 1.82) is 0 Å². The first-order valence-corrected chi connectivity index (χ1v) is 6.18. The molecular formula is C14H11BrN2O. The molecule has 0 saturated heterocycles. The van der Waals surface area contributed by atoms with Gasteiger partial charge >= 0.3 is 0 Å². The smallest absolute Gasteiger partial charge is 0.187 e. The van der Waals surface area contributed by atoms with Crippen molar-refractivity contribution in [3.05, 3.63) is 71.1 Å². The SMILES string of the molecule is O=C(/C=C/Nc1ccncc1)c1ccc(Br)cc1. The lowest BCUT2D eigenvalue weighted by Gasteiger charge is -1.99. The summed E-state index contributed by atoms with van der Waals surface area (Å²) in [6, 6.07) is 10.9. The van der Waals surface area contributed by atoms with Crippen LogP contribution in [0.25, 0.3) is 0 Å². The first kappa shape index (κ1) is 12.5. The average molecular weight is 303 g/mol. The third-order valence-corrected chi connectivity index (χ3v) is 2.82. The van der Waals surface area contributed by atoms with Gasteiger partial charge in [0.1, 0.15) is 0 Å². The van der Waals surface area contributed by atoms with Crippen molar-refractivity contribution >= 4 is 27.4 Å². The van der Waals surface area contributed by atoms with Gasteiger partial charge in [0, 0.05) is 40.4 Å². The number of aromatic nitrogens is 1. The standard InChI is InChI=1S/C14H11BrN2O/c15-12-3-1-11(2-4-12)14(18)7-10-17-13-5-8-16-9-6-13/h1-10H,(H,16,17)/b10-7+. The molecule has 3 nitrogen and oxygen atoms in total. The number of allylic oxidation sites excluding steroid dienone is 1. The van der Waals surface area contributed by atoms with Gasteiger partial charge in [-0.05, 0) is 36.4 Å². The van der Waals surface area contributed by atoms with Crippen LogP contribution in [0.4, 0.5) is 5.69 Å². The lowest BCUT2D eigenvalue weighted by Crippen LogP contribution is -1.95. The van der Waals surface area contributed by atoms with Crippen molar-refractivity contribution < 1.29 is 4.79 Å². The fourth-order valence-electron chi connectivity index (χ4n) is 1.37. The maximum absolute atomic E-state index is 11.8. The average Bonchev–Trinajstić information content (AvgIpc) is 2.40. The molecular weight excluding hydrogens is 292 g/mol. The van der Waals surface area contributed by atoms with Gasteiger partial charge < -0.3 is 5.32 Å². The third kappa shape index (κ3) is 3.53. The minimum absolute atomic E-state index is 0.0379. The van der Waals surface area contributed by atoms with E-state index in [2.05, 4.69) is 26.2 Å². The Morgan fingerprint density at radius 3 is 2.44 bits per heavy atom. The summed E-state index contributed by atoms with van der Waals surface area (Å²) in [7, 11) is 0. The van der Waals surface area contributed by atoms with E-state index >= 15 is 0 Å². The van der Waals surface area contributed by atoms with Gasteiger partial charge in [-0.15, -0.1) is 0 Å². The lowest BCUT2D eigenvalue weighted by atomic mass is 10.1. The van der Waals surface area contributed by atoms with E-state index in [1.165, 1.54) is 6.08 Å². The van der Waals surface area contributed by atoms with E-state index in [4.69, 9.17) is 0 Å². The topological polar surface area (TPSA) is 42.0 Å². The molecule has 0 fully saturated rings. The Morgan fingerprint density at radius 1 is 1.11 bits per heavy atom. The predicted molar refractivity (Wildman–Crippen MR) is 75.5 cm³/mol. The summed E-state index contributed by atoms with van der Waals surface area (Å²) < 4.78 is 0.956. The van der Waals surface area contributed by atoms with Gasteiger partial charge in [-0.25, -0.2) is 0 Å². The first-order valence-electron chi connectivity index (χ1n) is 5.39. The molecule has 1 heterocycles. The highest BCUT2D eigenvalue weighted by molar-refractivity contribution is 9.10. The number of carbonyl (C=O) groups excluding carboxylic acids is 1. The van der Waals surface area contributed by atoms with Gasteiger partial charge in [0.05, 0.1) is 0 Å². The van der Waals surface area contributed by atoms with E-state index in [0.717, 1.165) is 10.2 Å². The molecule has 18 heavy (non-hydrogen) atoms. The number of pyridine rings is 1. The highest BCUT2D eigenvalue weighted by Gasteiger charge is 2.00.